The van der Waals surface area contributed by atoms with E-state index in [1.165, 1.54) is 38.5 Å². The molecule has 6 heteroatoms. The molecule has 0 aromatic carbocycles. The molecule has 0 aromatic rings. The predicted molar refractivity (Wildman–Crippen MR) is 81.0 cm³/mol. The molecule has 0 N–H and O–H groups in total. The highest BCUT2D eigenvalue weighted by molar-refractivity contribution is 4.94. The largest absolute Gasteiger partial charge is 0.357 e. The third-order valence-electron chi connectivity index (χ3n) is 5.98. The summed E-state index contributed by atoms with van der Waals surface area (Å²) in [6.07, 6.45) is 9.52. The molecular weight excluding hydrogens is 280 g/mol. The summed E-state index contributed by atoms with van der Waals surface area (Å²) in [7, 11) is 0. The van der Waals surface area contributed by atoms with Crippen LogP contribution in [0.2, 0.25) is 0 Å². The minimum Gasteiger partial charge on any atom is -0.357 e. The minimum atomic E-state index is 0.281. The molecule has 0 bridgehead atoms. The predicted octanol–water partition coefficient (Wildman–Crippen LogP) is 1.55. The zero-order valence-electron chi connectivity index (χ0n) is 13.7. The van der Waals surface area contributed by atoms with Crippen molar-refractivity contribution in [1.29, 1.82) is 0 Å². The summed E-state index contributed by atoms with van der Waals surface area (Å²) in [5.74, 6) is 0. The van der Waals surface area contributed by atoms with Crippen LogP contribution >= 0.6 is 0 Å². The molecule has 6 nitrogen and oxygen atoms in total. The minimum absolute atomic E-state index is 0.281. The van der Waals surface area contributed by atoms with Crippen LogP contribution in [-0.4, -0.2) is 70.1 Å². The molecule has 0 aliphatic carbocycles. The van der Waals surface area contributed by atoms with Gasteiger partial charge in [0.25, 0.3) is 0 Å². The summed E-state index contributed by atoms with van der Waals surface area (Å²) in [6.45, 7) is 6.49. The number of fused-ring (bicyclic) bond motifs is 2. The van der Waals surface area contributed by atoms with Gasteiger partial charge in [-0.3, -0.25) is 0 Å². The number of hydrogen-bond donors (Lipinski definition) is 0. The second kappa shape index (κ2) is 5.13. The molecule has 5 rings (SSSR count). The van der Waals surface area contributed by atoms with Gasteiger partial charge in [0.15, 0.2) is 0 Å². The summed E-state index contributed by atoms with van der Waals surface area (Å²) in [4.78, 5) is 0. The van der Waals surface area contributed by atoms with Gasteiger partial charge in [-0.25, -0.2) is 10.0 Å². The van der Waals surface area contributed by atoms with Gasteiger partial charge < -0.3 is 9.47 Å². The first-order valence-corrected chi connectivity index (χ1v) is 9.13. The summed E-state index contributed by atoms with van der Waals surface area (Å²) in [5.41, 5.74) is 0. The molecule has 5 aliphatic rings. The third kappa shape index (κ3) is 1.95. The van der Waals surface area contributed by atoms with Gasteiger partial charge >= 0.3 is 0 Å². The fraction of sp³-hybridized carbons (Fsp3) is 1.00. The Balaban J connectivity index is 1.54. The first-order chi connectivity index (χ1) is 10.7. The van der Waals surface area contributed by atoms with Crippen LogP contribution in [-0.2, 0) is 9.47 Å². The lowest BCUT2D eigenvalue weighted by molar-refractivity contribution is -0.425. The van der Waals surface area contributed by atoms with E-state index >= 15 is 0 Å². The van der Waals surface area contributed by atoms with Gasteiger partial charge in [0, 0.05) is 13.1 Å². The number of ether oxygens (including phenoxy) is 2. The Labute approximate surface area is 132 Å². The van der Waals surface area contributed by atoms with Gasteiger partial charge in [-0.15, -0.1) is 0 Å². The van der Waals surface area contributed by atoms with Crippen molar-refractivity contribution in [1.82, 2.24) is 20.0 Å². The average molecular weight is 308 g/mol. The van der Waals surface area contributed by atoms with Gasteiger partial charge in [0.2, 0.25) is 0 Å². The van der Waals surface area contributed by atoms with E-state index in [2.05, 4.69) is 33.9 Å². The van der Waals surface area contributed by atoms with E-state index in [-0.39, 0.29) is 12.5 Å². The first-order valence-electron chi connectivity index (χ1n) is 9.13. The van der Waals surface area contributed by atoms with Crippen LogP contribution in [0.25, 0.3) is 0 Å². The molecule has 22 heavy (non-hydrogen) atoms. The van der Waals surface area contributed by atoms with Crippen LogP contribution in [0.1, 0.15) is 52.4 Å². The van der Waals surface area contributed by atoms with Gasteiger partial charge in [-0.05, 0) is 52.4 Å². The lowest BCUT2D eigenvalue weighted by Crippen LogP contribution is -2.82. The molecule has 5 heterocycles. The van der Waals surface area contributed by atoms with Crippen molar-refractivity contribution in [2.45, 2.75) is 89.4 Å². The van der Waals surface area contributed by atoms with Crippen LogP contribution in [0.4, 0.5) is 0 Å². The van der Waals surface area contributed by atoms with E-state index in [1.807, 2.05) is 0 Å². The standard InChI is InChI=1S/C16H28N4O2/c1-11-9-17-13-5-4-8-16-20(13)18(10-12(2)22-16)14-6-3-7-15(21-11)19(14)17/h11-16H,3-10H2,1-2H3. The lowest BCUT2D eigenvalue weighted by atomic mass is 10.00. The number of hydrogen-bond acceptors (Lipinski definition) is 6. The van der Waals surface area contributed by atoms with Crippen molar-refractivity contribution in [2.75, 3.05) is 13.1 Å². The Morgan fingerprint density at radius 1 is 0.682 bits per heavy atom. The van der Waals surface area contributed by atoms with Gasteiger partial charge in [0.1, 0.15) is 12.5 Å². The Kier molecular flexibility index (Phi) is 3.29. The summed E-state index contributed by atoms with van der Waals surface area (Å²) < 4.78 is 12.6. The molecule has 124 valence electrons. The number of nitrogens with zero attached hydrogens (tertiary/aromatic N) is 4. The van der Waals surface area contributed by atoms with Gasteiger partial charge in [-0.2, -0.15) is 10.0 Å². The number of hydrazine groups is 2. The zero-order valence-corrected chi connectivity index (χ0v) is 13.7. The molecular formula is C16H28N4O2. The van der Waals surface area contributed by atoms with E-state index in [0.29, 0.717) is 24.5 Å². The molecule has 0 spiro atoms. The van der Waals surface area contributed by atoms with Crippen LogP contribution in [0.15, 0.2) is 0 Å². The monoisotopic (exact) mass is 308 g/mol. The SMILES string of the molecule is CC1CN2C3CCCC4OC(C)CN(C5CCCC(O1)N52)N43. The fourth-order valence-electron chi connectivity index (χ4n) is 5.26. The Bertz CT molecular complexity index is 410. The molecule has 0 aromatic heterocycles. The van der Waals surface area contributed by atoms with Gasteiger partial charge in [-0.1, -0.05) is 0 Å². The normalized spacial score (nSPS) is 50.5. The van der Waals surface area contributed by atoms with Crippen molar-refractivity contribution < 1.29 is 9.47 Å². The average Bonchev–Trinajstić information content (AvgIpc) is 2.51. The summed E-state index contributed by atoms with van der Waals surface area (Å²) >= 11 is 0. The maximum Gasteiger partial charge on any atom is 0.125 e. The highest BCUT2D eigenvalue weighted by Gasteiger charge is 2.56. The van der Waals surface area contributed by atoms with Crippen LogP contribution < -0.4 is 0 Å². The number of piperidine rings is 2. The van der Waals surface area contributed by atoms with E-state index in [0.717, 1.165) is 13.1 Å². The zero-order chi connectivity index (χ0) is 14.8. The smallest absolute Gasteiger partial charge is 0.125 e. The molecule has 6 atom stereocenters. The van der Waals surface area contributed by atoms with Crippen molar-refractivity contribution in [2.24, 2.45) is 0 Å². The topological polar surface area (TPSA) is 31.4 Å². The summed E-state index contributed by atoms with van der Waals surface area (Å²) in [5, 5.41) is 10.4. The van der Waals surface area contributed by atoms with Crippen molar-refractivity contribution in [3.63, 3.8) is 0 Å². The molecule has 5 saturated heterocycles. The Morgan fingerprint density at radius 2 is 1.14 bits per heavy atom. The van der Waals surface area contributed by atoms with E-state index in [1.54, 1.807) is 0 Å². The third-order valence-corrected chi connectivity index (χ3v) is 5.98. The first kappa shape index (κ1) is 14.1. The summed E-state index contributed by atoms with van der Waals surface area (Å²) in [6, 6.07) is 0. The van der Waals surface area contributed by atoms with E-state index in [4.69, 9.17) is 9.47 Å². The Hall–Kier alpha value is -0.240. The molecule has 0 saturated carbocycles. The van der Waals surface area contributed by atoms with Crippen LogP contribution in [0.5, 0.6) is 0 Å². The highest BCUT2D eigenvalue weighted by Crippen LogP contribution is 2.43. The second-order valence-corrected chi connectivity index (χ2v) is 7.63. The quantitative estimate of drug-likeness (QED) is 0.675. The van der Waals surface area contributed by atoms with Gasteiger partial charge in [0.05, 0.1) is 24.5 Å². The molecule has 5 fully saturated rings. The second-order valence-electron chi connectivity index (χ2n) is 7.63. The molecule has 0 radical (unpaired) electrons. The van der Waals surface area contributed by atoms with Crippen molar-refractivity contribution in [3.8, 4) is 0 Å². The number of rotatable bonds is 0. The lowest BCUT2D eigenvalue weighted by Gasteiger charge is -2.67. The van der Waals surface area contributed by atoms with Crippen molar-refractivity contribution >= 4 is 0 Å². The highest BCUT2D eigenvalue weighted by atomic mass is 16.5. The maximum atomic E-state index is 6.28. The van der Waals surface area contributed by atoms with Crippen molar-refractivity contribution in [3.05, 3.63) is 0 Å². The van der Waals surface area contributed by atoms with Crippen LogP contribution in [0, 0.1) is 0 Å². The van der Waals surface area contributed by atoms with Crippen LogP contribution in [0.3, 0.4) is 0 Å². The molecule has 5 aliphatic heterocycles. The van der Waals surface area contributed by atoms with E-state index < -0.39 is 0 Å². The molecule has 0 amide bonds. The van der Waals surface area contributed by atoms with E-state index in [9.17, 15) is 0 Å². The maximum absolute atomic E-state index is 6.28. The molecule has 6 unspecified atom stereocenters. The Morgan fingerprint density at radius 3 is 1.59 bits per heavy atom. The fourth-order valence-corrected chi connectivity index (χ4v) is 5.26.